The van der Waals surface area contributed by atoms with Crippen LogP contribution in [0.15, 0.2) is 38.8 Å². The van der Waals surface area contributed by atoms with Crippen LogP contribution < -0.4 is 0 Å². The molecule has 130 valence electrons. The summed E-state index contributed by atoms with van der Waals surface area (Å²) < 4.78 is 55.0. The third-order valence-corrected chi connectivity index (χ3v) is 6.57. The van der Waals surface area contributed by atoms with E-state index in [9.17, 15) is 16.8 Å². The second-order valence-electron chi connectivity index (χ2n) is 5.41. The maximum atomic E-state index is 12.8. The number of rotatable bonds is 4. The molecule has 2 heterocycles. The number of aromatic nitrogens is 2. The number of hydrogen-bond donors (Lipinski definition) is 0. The molecule has 1 aromatic carbocycles. The highest BCUT2D eigenvalue weighted by Gasteiger charge is 2.39. The summed E-state index contributed by atoms with van der Waals surface area (Å²) >= 11 is 5.87. The second kappa shape index (κ2) is 6.10. The van der Waals surface area contributed by atoms with Crippen LogP contribution in [0.4, 0.5) is 0 Å². The van der Waals surface area contributed by atoms with Gasteiger partial charge in [0, 0.05) is 17.8 Å². The summed E-state index contributed by atoms with van der Waals surface area (Å²) in [6.07, 6.45) is 2.01. The normalized spacial score (nSPS) is 19.7. The molecule has 1 saturated heterocycles. The minimum Gasteiger partial charge on any atom is -0.411 e. The Morgan fingerprint density at radius 1 is 1.25 bits per heavy atom. The molecular weight excluding hydrogens is 378 g/mol. The van der Waals surface area contributed by atoms with Gasteiger partial charge in [0.05, 0.1) is 4.90 Å². The number of sulfonamides is 1. The molecule has 3 rings (SSSR count). The Hall–Kier alpha value is -1.49. The number of hydrogen-bond acceptors (Lipinski definition) is 7. The summed E-state index contributed by atoms with van der Waals surface area (Å²) in [5.41, 5.74) is 0. The summed E-state index contributed by atoms with van der Waals surface area (Å²) in [5.74, 6) is -0.0291. The van der Waals surface area contributed by atoms with Gasteiger partial charge in [-0.25, -0.2) is 16.8 Å². The monoisotopic (exact) mass is 391 g/mol. The molecule has 0 unspecified atom stereocenters. The Labute approximate surface area is 144 Å². The molecule has 2 aromatic rings. The van der Waals surface area contributed by atoms with Gasteiger partial charge in [-0.3, -0.25) is 0 Å². The Morgan fingerprint density at radius 2 is 2.00 bits per heavy atom. The highest BCUT2D eigenvalue weighted by atomic mass is 35.5. The van der Waals surface area contributed by atoms with Crippen LogP contribution in [0.2, 0.25) is 5.02 Å². The van der Waals surface area contributed by atoms with Crippen LogP contribution in [0.25, 0.3) is 0 Å². The average Bonchev–Trinajstić information content (AvgIpc) is 3.15. The summed E-state index contributed by atoms with van der Waals surface area (Å²) in [4.78, 5) is 0.0600. The maximum absolute atomic E-state index is 12.8. The van der Waals surface area contributed by atoms with Crippen molar-refractivity contribution in [1.82, 2.24) is 14.5 Å². The lowest BCUT2D eigenvalue weighted by molar-refractivity contribution is 0.303. The van der Waals surface area contributed by atoms with Gasteiger partial charge >= 0.3 is 5.22 Å². The second-order valence-corrected chi connectivity index (χ2v) is 9.63. The molecule has 1 aromatic heterocycles. The van der Waals surface area contributed by atoms with Gasteiger partial charge in [0.25, 0.3) is 0 Å². The van der Waals surface area contributed by atoms with Gasteiger partial charge in [0.15, 0.2) is 0 Å². The van der Waals surface area contributed by atoms with Crippen LogP contribution >= 0.6 is 11.6 Å². The molecule has 0 aliphatic carbocycles. The zero-order valence-electron chi connectivity index (χ0n) is 12.6. The lowest BCUT2D eigenvalue weighted by Crippen LogP contribution is -2.30. The van der Waals surface area contributed by atoms with E-state index in [4.69, 9.17) is 16.0 Å². The van der Waals surface area contributed by atoms with Gasteiger partial charge in [0.1, 0.15) is 6.04 Å². The zero-order chi connectivity index (χ0) is 17.5. The molecule has 0 radical (unpaired) electrons. The molecule has 0 bridgehead atoms. The Bertz CT molecular complexity index is 971. The first-order valence-electron chi connectivity index (χ1n) is 7.00. The fourth-order valence-corrected chi connectivity index (χ4v) is 4.92. The van der Waals surface area contributed by atoms with E-state index < -0.39 is 31.1 Å². The van der Waals surface area contributed by atoms with Crippen molar-refractivity contribution < 1.29 is 21.3 Å². The van der Waals surface area contributed by atoms with Gasteiger partial charge < -0.3 is 4.42 Å². The first-order chi connectivity index (χ1) is 11.2. The van der Waals surface area contributed by atoms with Crippen molar-refractivity contribution in [3.05, 3.63) is 35.2 Å². The van der Waals surface area contributed by atoms with E-state index in [0.29, 0.717) is 17.9 Å². The molecule has 24 heavy (non-hydrogen) atoms. The predicted octanol–water partition coefficient (Wildman–Crippen LogP) is 1.65. The third-order valence-electron chi connectivity index (χ3n) is 3.63. The van der Waals surface area contributed by atoms with Crippen molar-refractivity contribution in [2.24, 2.45) is 0 Å². The Balaban J connectivity index is 1.97. The first kappa shape index (κ1) is 17.3. The standard InChI is InChI=1S/C13H14ClN3O5S2/c1-23(18,19)13-16-15-12(22-13)11-6-3-7-17(11)24(20,21)10-5-2-4-9(14)8-10/h2,4-5,8,11H,3,6-7H2,1H3/t11-/m0/s1. The Morgan fingerprint density at radius 3 is 2.62 bits per heavy atom. The molecule has 1 atom stereocenters. The van der Waals surface area contributed by atoms with Crippen LogP contribution in [0.5, 0.6) is 0 Å². The van der Waals surface area contributed by atoms with E-state index in [1.165, 1.54) is 16.4 Å². The fraction of sp³-hybridized carbons (Fsp3) is 0.385. The lowest BCUT2D eigenvalue weighted by atomic mass is 10.2. The molecule has 1 fully saturated rings. The van der Waals surface area contributed by atoms with Crippen molar-refractivity contribution in [3.8, 4) is 0 Å². The minimum absolute atomic E-state index is 0.0291. The topological polar surface area (TPSA) is 110 Å². The summed E-state index contributed by atoms with van der Waals surface area (Å²) in [7, 11) is -7.46. The molecule has 0 N–H and O–H groups in total. The summed E-state index contributed by atoms with van der Waals surface area (Å²) in [5, 5.41) is 6.99. The van der Waals surface area contributed by atoms with Gasteiger partial charge in [-0.2, -0.15) is 4.31 Å². The molecule has 1 aliphatic heterocycles. The molecule has 8 nitrogen and oxygen atoms in total. The van der Waals surface area contributed by atoms with Gasteiger partial charge in [-0.1, -0.05) is 22.8 Å². The van der Waals surface area contributed by atoms with Crippen LogP contribution in [0, 0.1) is 0 Å². The van der Waals surface area contributed by atoms with Crippen molar-refractivity contribution >= 4 is 31.5 Å². The number of benzene rings is 1. The molecule has 11 heteroatoms. The van der Waals surface area contributed by atoms with Crippen LogP contribution in [0.3, 0.4) is 0 Å². The highest BCUT2D eigenvalue weighted by molar-refractivity contribution is 7.90. The molecule has 0 spiro atoms. The van der Waals surface area contributed by atoms with E-state index in [-0.39, 0.29) is 17.3 Å². The quantitative estimate of drug-likeness (QED) is 0.779. The summed E-state index contributed by atoms with van der Waals surface area (Å²) in [6.45, 7) is 0.274. The minimum atomic E-state index is -3.81. The SMILES string of the molecule is CS(=O)(=O)c1nnc([C@@H]2CCCN2S(=O)(=O)c2cccc(Cl)c2)o1. The number of nitrogens with zero attached hydrogens (tertiary/aromatic N) is 3. The number of halogens is 1. The van der Waals surface area contributed by atoms with E-state index in [2.05, 4.69) is 10.2 Å². The van der Waals surface area contributed by atoms with Crippen molar-refractivity contribution in [1.29, 1.82) is 0 Å². The molecule has 1 aliphatic rings. The molecule has 0 saturated carbocycles. The van der Waals surface area contributed by atoms with Crippen molar-refractivity contribution in [2.45, 2.75) is 29.0 Å². The van der Waals surface area contributed by atoms with Gasteiger partial charge in [0.2, 0.25) is 25.8 Å². The first-order valence-corrected chi connectivity index (χ1v) is 10.7. The predicted molar refractivity (Wildman–Crippen MR) is 84.7 cm³/mol. The smallest absolute Gasteiger partial charge is 0.335 e. The van der Waals surface area contributed by atoms with E-state index >= 15 is 0 Å². The van der Waals surface area contributed by atoms with Crippen LogP contribution in [-0.4, -0.2) is 44.1 Å². The van der Waals surface area contributed by atoms with Gasteiger partial charge in [-0.05, 0) is 31.0 Å². The maximum Gasteiger partial charge on any atom is 0.335 e. The lowest BCUT2D eigenvalue weighted by Gasteiger charge is -2.21. The van der Waals surface area contributed by atoms with E-state index in [0.717, 1.165) is 6.26 Å². The van der Waals surface area contributed by atoms with Crippen LogP contribution in [-0.2, 0) is 19.9 Å². The van der Waals surface area contributed by atoms with Crippen molar-refractivity contribution in [2.75, 3.05) is 12.8 Å². The molecular formula is C13H14ClN3O5S2. The highest BCUT2D eigenvalue weighted by Crippen LogP contribution is 2.36. The van der Waals surface area contributed by atoms with Crippen molar-refractivity contribution in [3.63, 3.8) is 0 Å². The van der Waals surface area contributed by atoms with E-state index in [1.807, 2.05) is 0 Å². The third kappa shape index (κ3) is 3.18. The molecule has 0 amide bonds. The summed E-state index contributed by atoms with van der Waals surface area (Å²) in [6, 6.07) is 5.25. The van der Waals surface area contributed by atoms with E-state index in [1.54, 1.807) is 12.1 Å². The Kier molecular flexibility index (Phi) is 4.41. The zero-order valence-corrected chi connectivity index (χ0v) is 15.0. The average molecular weight is 392 g/mol. The number of sulfone groups is 1. The van der Waals surface area contributed by atoms with Crippen LogP contribution in [0.1, 0.15) is 24.8 Å². The fourth-order valence-electron chi connectivity index (χ4n) is 2.54. The largest absolute Gasteiger partial charge is 0.411 e. The van der Waals surface area contributed by atoms with Gasteiger partial charge in [-0.15, -0.1) is 5.10 Å².